The van der Waals surface area contributed by atoms with E-state index in [4.69, 9.17) is 4.42 Å². The van der Waals surface area contributed by atoms with E-state index in [1.165, 1.54) is 11.7 Å². The third-order valence-corrected chi connectivity index (χ3v) is 2.09. The van der Waals surface area contributed by atoms with Gasteiger partial charge in [0.05, 0.1) is 12.6 Å². The van der Waals surface area contributed by atoms with Crippen LogP contribution in [-0.4, -0.2) is 17.6 Å². The minimum Gasteiger partial charge on any atom is -0.408 e. The molecule has 0 fully saturated rings. The van der Waals surface area contributed by atoms with Gasteiger partial charge < -0.3 is 4.42 Å². The number of fused-ring (bicyclic) bond motifs is 1. The Balaban J connectivity index is 2.40. The molecule has 16 heavy (non-hydrogen) atoms. The fraction of sp³-hybridized carbons (Fsp3) is 0.200. The Labute approximate surface area is 90.4 Å². The van der Waals surface area contributed by atoms with Gasteiger partial charge in [0.25, 0.3) is 5.91 Å². The Bertz CT molecular complexity index is 569. The molecule has 0 spiro atoms. The predicted molar refractivity (Wildman–Crippen MR) is 55.6 cm³/mol. The summed E-state index contributed by atoms with van der Waals surface area (Å²) in [4.78, 5) is 27.2. The van der Waals surface area contributed by atoms with E-state index in [1.807, 2.05) is 0 Å². The maximum atomic E-state index is 11.5. The number of amides is 1. The first-order valence-corrected chi connectivity index (χ1v) is 4.62. The van der Waals surface area contributed by atoms with Gasteiger partial charge in [-0.25, -0.2) is 10.3 Å². The molecule has 1 aromatic heterocycles. The standard InChI is InChI=1S/C10H10N2O4/c1-15-11-9(13)6-12-7-4-2-3-5-8(7)16-10(12)14/h2-5H,6H2,1H3,(H,11,13). The smallest absolute Gasteiger partial charge is 0.408 e. The second-order valence-corrected chi connectivity index (χ2v) is 3.15. The second kappa shape index (κ2) is 4.19. The molecule has 0 radical (unpaired) electrons. The zero-order valence-corrected chi connectivity index (χ0v) is 8.60. The van der Waals surface area contributed by atoms with E-state index < -0.39 is 11.7 Å². The summed E-state index contributed by atoms with van der Waals surface area (Å²) in [5, 5.41) is 0. The molecule has 84 valence electrons. The van der Waals surface area contributed by atoms with Gasteiger partial charge >= 0.3 is 5.76 Å². The molecule has 1 N–H and O–H groups in total. The topological polar surface area (TPSA) is 73.5 Å². The lowest BCUT2D eigenvalue weighted by atomic mass is 10.3. The Kier molecular flexibility index (Phi) is 2.74. The number of para-hydroxylation sites is 2. The van der Waals surface area contributed by atoms with E-state index in [-0.39, 0.29) is 6.54 Å². The molecule has 0 bridgehead atoms. The number of oxazole rings is 1. The molecule has 1 amide bonds. The Morgan fingerprint density at radius 2 is 2.25 bits per heavy atom. The first-order valence-electron chi connectivity index (χ1n) is 4.62. The van der Waals surface area contributed by atoms with Crippen LogP contribution in [0.25, 0.3) is 11.1 Å². The Morgan fingerprint density at radius 1 is 1.50 bits per heavy atom. The van der Waals surface area contributed by atoms with E-state index in [1.54, 1.807) is 24.3 Å². The lowest BCUT2D eigenvalue weighted by Gasteiger charge is -2.01. The lowest BCUT2D eigenvalue weighted by Crippen LogP contribution is -2.29. The molecule has 0 saturated heterocycles. The molecular weight excluding hydrogens is 212 g/mol. The highest BCUT2D eigenvalue weighted by molar-refractivity contribution is 5.78. The minimum atomic E-state index is -0.563. The molecule has 0 aliphatic carbocycles. The first-order chi connectivity index (χ1) is 7.72. The normalized spacial score (nSPS) is 10.6. The van der Waals surface area contributed by atoms with Crippen molar-refractivity contribution in [3.63, 3.8) is 0 Å². The van der Waals surface area contributed by atoms with Crippen LogP contribution in [0.15, 0.2) is 33.5 Å². The van der Waals surface area contributed by atoms with Crippen molar-refractivity contribution in [3.8, 4) is 0 Å². The largest absolute Gasteiger partial charge is 0.420 e. The number of carbonyl (C=O) groups excluding carboxylic acids is 1. The highest BCUT2D eigenvalue weighted by Gasteiger charge is 2.11. The van der Waals surface area contributed by atoms with Crippen molar-refractivity contribution in [2.45, 2.75) is 6.54 Å². The Hall–Kier alpha value is -2.08. The fourth-order valence-corrected chi connectivity index (χ4v) is 1.45. The minimum absolute atomic E-state index is 0.135. The van der Waals surface area contributed by atoms with Gasteiger partial charge in [0.15, 0.2) is 5.58 Å². The summed E-state index contributed by atoms with van der Waals surface area (Å²) in [5.74, 6) is -0.983. The van der Waals surface area contributed by atoms with Crippen LogP contribution in [0.3, 0.4) is 0 Å². The third-order valence-electron chi connectivity index (χ3n) is 2.09. The van der Waals surface area contributed by atoms with Crippen molar-refractivity contribution < 1.29 is 14.0 Å². The van der Waals surface area contributed by atoms with E-state index in [2.05, 4.69) is 10.3 Å². The maximum absolute atomic E-state index is 11.5. The van der Waals surface area contributed by atoms with E-state index in [0.29, 0.717) is 11.1 Å². The average Bonchev–Trinajstić information content (AvgIpc) is 2.56. The third kappa shape index (κ3) is 1.82. The van der Waals surface area contributed by atoms with E-state index in [0.717, 1.165) is 0 Å². The number of benzene rings is 1. The van der Waals surface area contributed by atoms with Gasteiger partial charge in [-0.2, -0.15) is 0 Å². The molecule has 0 aliphatic heterocycles. The predicted octanol–water partition coefficient (Wildman–Crippen LogP) is 0.272. The van der Waals surface area contributed by atoms with Crippen molar-refractivity contribution >= 4 is 17.0 Å². The van der Waals surface area contributed by atoms with Crippen LogP contribution in [0.1, 0.15) is 0 Å². The number of aromatic nitrogens is 1. The maximum Gasteiger partial charge on any atom is 0.420 e. The summed E-state index contributed by atoms with van der Waals surface area (Å²) >= 11 is 0. The summed E-state index contributed by atoms with van der Waals surface area (Å²) in [6.45, 7) is -0.135. The number of hydroxylamine groups is 1. The first kappa shape index (κ1) is 10.4. The van der Waals surface area contributed by atoms with Gasteiger partial charge in [-0.3, -0.25) is 14.2 Å². The monoisotopic (exact) mass is 222 g/mol. The molecule has 1 heterocycles. The molecule has 0 saturated carbocycles. The lowest BCUT2D eigenvalue weighted by molar-refractivity contribution is -0.131. The van der Waals surface area contributed by atoms with Gasteiger partial charge in [-0.15, -0.1) is 0 Å². The highest BCUT2D eigenvalue weighted by Crippen LogP contribution is 2.11. The summed E-state index contributed by atoms with van der Waals surface area (Å²) < 4.78 is 6.20. The van der Waals surface area contributed by atoms with Crippen LogP contribution >= 0.6 is 0 Å². The van der Waals surface area contributed by atoms with Crippen LogP contribution in [0.5, 0.6) is 0 Å². The highest BCUT2D eigenvalue weighted by atomic mass is 16.6. The number of hydrogen-bond acceptors (Lipinski definition) is 4. The quantitative estimate of drug-likeness (QED) is 0.756. The number of nitrogens with zero attached hydrogens (tertiary/aromatic N) is 1. The van der Waals surface area contributed by atoms with Crippen LogP contribution in [0.2, 0.25) is 0 Å². The van der Waals surface area contributed by atoms with Crippen LogP contribution < -0.4 is 11.2 Å². The van der Waals surface area contributed by atoms with Gasteiger partial charge in [0.2, 0.25) is 0 Å². The number of nitrogens with one attached hydrogen (secondary N) is 1. The molecule has 0 unspecified atom stereocenters. The van der Waals surface area contributed by atoms with Crippen molar-refractivity contribution in [2.24, 2.45) is 0 Å². The number of hydrogen-bond donors (Lipinski definition) is 1. The van der Waals surface area contributed by atoms with Crippen molar-refractivity contribution in [1.82, 2.24) is 10.0 Å². The summed E-state index contributed by atoms with van der Waals surface area (Å²) in [6.07, 6.45) is 0. The average molecular weight is 222 g/mol. The number of carbonyl (C=O) groups is 1. The molecule has 6 heteroatoms. The Morgan fingerprint density at radius 3 is 3.00 bits per heavy atom. The van der Waals surface area contributed by atoms with Gasteiger partial charge in [0, 0.05) is 0 Å². The van der Waals surface area contributed by atoms with Crippen molar-refractivity contribution in [1.29, 1.82) is 0 Å². The zero-order valence-electron chi connectivity index (χ0n) is 8.60. The molecular formula is C10H10N2O4. The van der Waals surface area contributed by atoms with Crippen molar-refractivity contribution in [2.75, 3.05) is 7.11 Å². The molecule has 1 aromatic carbocycles. The second-order valence-electron chi connectivity index (χ2n) is 3.15. The van der Waals surface area contributed by atoms with Gasteiger partial charge in [-0.05, 0) is 12.1 Å². The summed E-state index contributed by atoms with van der Waals surface area (Å²) in [7, 11) is 1.33. The van der Waals surface area contributed by atoms with Crippen LogP contribution in [0, 0.1) is 0 Å². The van der Waals surface area contributed by atoms with Gasteiger partial charge in [-0.1, -0.05) is 12.1 Å². The molecule has 0 aliphatic rings. The molecule has 0 atom stereocenters. The number of rotatable bonds is 3. The van der Waals surface area contributed by atoms with Crippen LogP contribution in [-0.2, 0) is 16.2 Å². The molecule has 2 rings (SSSR count). The van der Waals surface area contributed by atoms with Gasteiger partial charge in [0.1, 0.15) is 6.54 Å². The summed E-state index contributed by atoms with van der Waals surface area (Å²) in [6, 6.07) is 6.90. The SMILES string of the molecule is CONC(=O)Cn1c(=O)oc2ccccc21. The van der Waals surface area contributed by atoms with E-state index in [9.17, 15) is 9.59 Å². The molecule has 2 aromatic rings. The summed E-state index contributed by atoms with van der Waals surface area (Å²) in [5.41, 5.74) is 3.17. The molecule has 6 nitrogen and oxygen atoms in total. The van der Waals surface area contributed by atoms with E-state index >= 15 is 0 Å². The van der Waals surface area contributed by atoms with Crippen LogP contribution in [0.4, 0.5) is 0 Å². The zero-order chi connectivity index (χ0) is 11.5. The fourth-order valence-electron chi connectivity index (χ4n) is 1.45. The van der Waals surface area contributed by atoms with Crippen molar-refractivity contribution in [3.05, 3.63) is 34.8 Å².